The van der Waals surface area contributed by atoms with E-state index in [2.05, 4.69) is 5.32 Å². The van der Waals surface area contributed by atoms with Gasteiger partial charge in [-0.1, -0.05) is 12.8 Å². The van der Waals surface area contributed by atoms with E-state index in [4.69, 9.17) is 4.74 Å². The highest BCUT2D eigenvalue weighted by Gasteiger charge is 2.46. The summed E-state index contributed by atoms with van der Waals surface area (Å²) < 4.78 is 5.49. The molecule has 6 nitrogen and oxygen atoms in total. The molecule has 0 aromatic carbocycles. The Kier molecular flexibility index (Phi) is 3.97. The normalized spacial score (nSPS) is 34.6. The second-order valence-corrected chi connectivity index (χ2v) is 6.39. The van der Waals surface area contributed by atoms with Gasteiger partial charge in [-0.15, -0.1) is 0 Å². The second-order valence-electron chi connectivity index (χ2n) is 6.39. The molecule has 3 aliphatic rings. The zero-order valence-corrected chi connectivity index (χ0v) is 12.3. The highest BCUT2D eigenvalue weighted by atomic mass is 16.5. The number of imide groups is 2. The van der Waals surface area contributed by atoms with E-state index >= 15 is 0 Å². The van der Waals surface area contributed by atoms with Crippen molar-refractivity contribution < 1.29 is 19.1 Å². The predicted molar refractivity (Wildman–Crippen MR) is 74.2 cm³/mol. The van der Waals surface area contributed by atoms with Gasteiger partial charge in [-0.2, -0.15) is 0 Å². The van der Waals surface area contributed by atoms with Crippen molar-refractivity contribution >= 4 is 17.8 Å². The van der Waals surface area contributed by atoms with Crippen LogP contribution in [0.3, 0.4) is 0 Å². The third-order valence-electron chi connectivity index (χ3n) is 5.11. The standard InChI is InChI=1S/C15H22N2O4/c1-9-11(6-7-21-9)8-17-14(19)12(10-4-2-3-5-10)13(18)16-15(17)20/h9-12H,2-8H2,1H3,(H,16,18,20). The molecular weight excluding hydrogens is 272 g/mol. The molecule has 0 aromatic rings. The summed E-state index contributed by atoms with van der Waals surface area (Å²) >= 11 is 0. The first-order chi connectivity index (χ1) is 10.1. The number of urea groups is 1. The van der Waals surface area contributed by atoms with Gasteiger partial charge in [-0.05, 0) is 32.1 Å². The molecule has 21 heavy (non-hydrogen) atoms. The summed E-state index contributed by atoms with van der Waals surface area (Å²) in [6.07, 6.45) is 4.81. The lowest BCUT2D eigenvalue weighted by Gasteiger charge is -2.34. The third-order valence-corrected chi connectivity index (χ3v) is 5.11. The van der Waals surface area contributed by atoms with E-state index in [1.165, 1.54) is 4.90 Å². The molecule has 0 radical (unpaired) electrons. The maximum absolute atomic E-state index is 12.6. The molecule has 0 spiro atoms. The highest BCUT2D eigenvalue weighted by Crippen LogP contribution is 2.34. The van der Waals surface area contributed by atoms with Gasteiger partial charge in [0.25, 0.3) is 0 Å². The first-order valence-corrected chi connectivity index (χ1v) is 7.85. The number of carbonyl (C=O) groups is 3. The minimum absolute atomic E-state index is 0.0492. The molecule has 1 aliphatic carbocycles. The van der Waals surface area contributed by atoms with Crippen molar-refractivity contribution in [3.63, 3.8) is 0 Å². The molecule has 3 rings (SSSR count). The Bertz CT molecular complexity index is 459. The molecule has 1 N–H and O–H groups in total. The van der Waals surface area contributed by atoms with Crippen LogP contribution in [0.25, 0.3) is 0 Å². The molecular formula is C15H22N2O4. The Morgan fingerprint density at radius 3 is 2.52 bits per heavy atom. The third kappa shape index (κ3) is 2.69. The number of barbiturate groups is 1. The molecule has 2 aliphatic heterocycles. The first kappa shape index (κ1) is 14.5. The topological polar surface area (TPSA) is 75.7 Å². The number of carbonyl (C=O) groups excluding carboxylic acids is 3. The van der Waals surface area contributed by atoms with Crippen LogP contribution in [0.4, 0.5) is 4.79 Å². The van der Waals surface area contributed by atoms with Crippen LogP contribution in [0.5, 0.6) is 0 Å². The smallest absolute Gasteiger partial charge is 0.330 e. The number of amides is 4. The summed E-state index contributed by atoms with van der Waals surface area (Å²) in [5, 5.41) is 2.36. The lowest BCUT2D eigenvalue weighted by molar-refractivity contribution is -0.145. The van der Waals surface area contributed by atoms with E-state index in [-0.39, 0.29) is 23.8 Å². The number of hydrogen-bond donors (Lipinski definition) is 1. The fourth-order valence-corrected chi connectivity index (χ4v) is 3.76. The molecule has 4 amide bonds. The molecule has 6 heteroatoms. The van der Waals surface area contributed by atoms with Gasteiger partial charge in [0, 0.05) is 19.1 Å². The molecule has 3 unspecified atom stereocenters. The number of ether oxygens (including phenoxy) is 1. The van der Waals surface area contributed by atoms with Crippen LogP contribution >= 0.6 is 0 Å². The lowest BCUT2D eigenvalue weighted by Crippen LogP contribution is -2.60. The maximum Gasteiger partial charge on any atom is 0.330 e. The minimum atomic E-state index is -0.678. The summed E-state index contributed by atoms with van der Waals surface area (Å²) in [5.41, 5.74) is 0. The van der Waals surface area contributed by atoms with Crippen molar-refractivity contribution in [2.45, 2.75) is 45.1 Å². The molecule has 0 bridgehead atoms. The van der Waals surface area contributed by atoms with Crippen molar-refractivity contribution in [2.24, 2.45) is 17.8 Å². The summed E-state index contributed by atoms with van der Waals surface area (Å²) in [5.74, 6) is -1.15. The van der Waals surface area contributed by atoms with Gasteiger partial charge in [-0.25, -0.2) is 4.79 Å². The Hall–Kier alpha value is -1.43. The summed E-state index contributed by atoms with van der Waals surface area (Å²) in [6, 6.07) is -0.571. The van der Waals surface area contributed by atoms with Gasteiger partial charge in [0.2, 0.25) is 11.8 Å². The van der Waals surface area contributed by atoms with Crippen LogP contribution in [0.1, 0.15) is 39.0 Å². The summed E-state index contributed by atoms with van der Waals surface area (Å²) in [7, 11) is 0. The van der Waals surface area contributed by atoms with E-state index in [1.807, 2.05) is 6.92 Å². The van der Waals surface area contributed by atoms with Gasteiger partial charge in [0.15, 0.2) is 0 Å². The van der Waals surface area contributed by atoms with Crippen LogP contribution in [0.2, 0.25) is 0 Å². The van der Waals surface area contributed by atoms with Crippen molar-refractivity contribution in [3.8, 4) is 0 Å². The van der Waals surface area contributed by atoms with Crippen LogP contribution in [-0.4, -0.2) is 42.0 Å². The Labute approximate surface area is 124 Å². The predicted octanol–water partition coefficient (Wildman–Crippen LogP) is 1.30. The van der Waals surface area contributed by atoms with Crippen LogP contribution < -0.4 is 5.32 Å². The maximum atomic E-state index is 12.6. The zero-order chi connectivity index (χ0) is 15.0. The highest BCUT2D eigenvalue weighted by molar-refractivity contribution is 6.16. The van der Waals surface area contributed by atoms with Crippen molar-refractivity contribution in [2.75, 3.05) is 13.2 Å². The van der Waals surface area contributed by atoms with E-state index in [0.29, 0.717) is 13.2 Å². The van der Waals surface area contributed by atoms with Crippen LogP contribution in [-0.2, 0) is 14.3 Å². The number of nitrogens with one attached hydrogen (secondary N) is 1. The van der Waals surface area contributed by atoms with Gasteiger partial charge < -0.3 is 4.74 Å². The molecule has 2 saturated heterocycles. The van der Waals surface area contributed by atoms with E-state index in [1.54, 1.807) is 0 Å². The number of nitrogens with zero attached hydrogens (tertiary/aromatic N) is 1. The SMILES string of the molecule is CC1OCCC1CN1C(=O)NC(=O)C(C2CCCC2)C1=O. The molecule has 3 fully saturated rings. The van der Waals surface area contributed by atoms with Crippen molar-refractivity contribution in [1.29, 1.82) is 0 Å². The van der Waals surface area contributed by atoms with E-state index in [9.17, 15) is 14.4 Å². The summed E-state index contributed by atoms with van der Waals surface area (Å²) in [6.45, 7) is 2.98. The average Bonchev–Trinajstić information content (AvgIpc) is 3.07. The quantitative estimate of drug-likeness (QED) is 0.796. The van der Waals surface area contributed by atoms with E-state index < -0.39 is 17.9 Å². The van der Waals surface area contributed by atoms with Gasteiger partial charge >= 0.3 is 6.03 Å². The second kappa shape index (κ2) is 5.75. The fraction of sp³-hybridized carbons (Fsp3) is 0.800. The minimum Gasteiger partial charge on any atom is -0.378 e. The zero-order valence-electron chi connectivity index (χ0n) is 12.3. The fourth-order valence-electron chi connectivity index (χ4n) is 3.76. The monoisotopic (exact) mass is 294 g/mol. The van der Waals surface area contributed by atoms with Crippen LogP contribution in [0, 0.1) is 17.8 Å². The number of rotatable bonds is 3. The molecule has 2 heterocycles. The Morgan fingerprint density at radius 1 is 1.19 bits per heavy atom. The molecule has 3 atom stereocenters. The lowest BCUT2D eigenvalue weighted by atomic mass is 9.87. The first-order valence-electron chi connectivity index (χ1n) is 7.85. The Morgan fingerprint density at radius 2 is 1.90 bits per heavy atom. The van der Waals surface area contributed by atoms with Crippen LogP contribution in [0.15, 0.2) is 0 Å². The van der Waals surface area contributed by atoms with Gasteiger partial charge in [-0.3, -0.25) is 19.8 Å². The molecule has 1 saturated carbocycles. The van der Waals surface area contributed by atoms with E-state index in [0.717, 1.165) is 32.1 Å². The number of hydrogen-bond acceptors (Lipinski definition) is 4. The Balaban J connectivity index is 1.74. The molecule has 116 valence electrons. The van der Waals surface area contributed by atoms with Gasteiger partial charge in [0.05, 0.1) is 6.10 Å². The summed E-state index contributed by atoms with van der Waals surface area (Å²) in [4.78, 5) is 37.9. The molecule has 0 aromatic heterocycles. The average molecular weight is 294 g/mol. The van der Waals surface area contributed by atoms with Crippen molar-refractivity contribution in [1.82, 2.24) is 10.2 Å². The van der Waals surface area contributed by atoms with Crippen molar-refractivity contribution in [3.05, 3.63) is 0 Å². The van der Waals surface area contributed by atoms with Gasteiger partial charge in [0.1, 0.15) is 5.92 Å². The largest absolute Gasteiger partial charge is 0.378 e.